The lowest BCUT2D eigenvalue weighted by molar-refractivity contribution is 0.0468. The van der Waals surface area contributed by atoms with Crippen LogP contribution in [0.15, 0.2) is 46.6 Å². The monoisotopic (exact) mass is 456 g/mol. The molecule has 0 aliphatic heterocycles. The topological polar surface area (TPSA) is 89.9 Å². The van der Waals surface area contributed by atoms with Gasteiger partial charge in [0.25, 0.3) is 5.56 Å². The van der Waals surface area contributed by atoms with Crippen LogP contribution in [0.4, 0.5) is 0 Å². The molecule has 1 aromatic carbocycles. The number of benzene rings is 1. The SMILES string of the molecule is Cc1nn(-c2ccccc2Cl)c2sc(C(=O)OCc3nc4ccsc4c(=O)[nH]3)cc12. The van der Waals surface area contributed by atoms with E-state index in [2.05, 4.69) is 15.1 Å². The molecule has 0 aliphatic rings. The highest BCUT2D eigenvalue weighted by Gasteiger charge is 2.19. The number of esters is 1. The Morgan fingerprint density at radius 2 is 2.13 bits per heavy atom. The van der Waals surface area contributed by atoms with E-state index in [1.165, 1.54) is 22.7 Å². The molecule has 5 rings (SSSR count). The minimum atomic E-state index is -0.491. The summed E-state index contributed by atoms with van der Waals surface area (Å²) in [6.45, 7) is 1.76. The van der Waals surface area contributed by atoms with Crippen molar-refractivity contribution in [3.8, 4) is 5.69 Å². The molecular weight excluding hydrogens is 444 g/mol. The lowest BCUT2D eigenvalue weighted by atomic mass is 10.3. The Morgan fingerprint density at radius 3 is 2.97 bits per heavy atom. The Kier molecular flexibility index (Phi) is 4.65. The number of H-pyrrole nitrogens is 1. The molecule has 0 saturated heterocycles. The molecule has 7 nitrogen and oxygen atoms in total. The molecule has 4 aromatic heterocycles. The van der Waals surface area contributed by atoms with E-state index in [9.17, 15) is 9.59 Å². The fourth-order valence-electron chi connectivity index (χ4n) is 3.13. The maximum absolute atomic E-state index is 12.6. The van der Waals surface area contributed by atoms with Crippen LogP contribution in [0.2, 0.25) is 5.02 Å². The molecule has 5 aromatic rings. The summed E-state index contributed by atoms with van der Waals surface area (Å²) in [4.78, 5) is 32.9. The molecular formula is C20H13ClN4O3S2. The molecule has 0 atom stereocenters. The van der Waals surface area contributed by atoms with Crippen molar-refractivity contribution < 1.29 is 9.53 Å². The van der Waals surface area contributed by atoms with Crippen LogP contribution < -0.4 is 5.56 Å². The van der Waals surface area contributed by atoms with Crippen LogP contribution in [-0.4, -0.2) is 25.7 Å². The van der Waals surface area contributed by atoms with Gasteiger partial charge in [-0.05, 0) is 36.6 Å². The molecule has 0 unspecified atom stereocenters. The number of halogens is 1. The Bertz CT molecular complexity index is 1480. The molecule has 10 heteroatoms. The van der Waals surface area contributed by atoms with Gasteiger partial charge in [-0.15, -0.1) is 22.7 Å². The number of fused-ring (bicyclic) bond motifs is 2. The van der Waals surface area contributed by atoms with E-state index in [1.54, 1.807) is 28.3 Å². The number of ether oxygens (including phenoxy) is 1. The third kappa shape index (κ3) is 3.20. The highest BCUT2D eigenvalue weighted by atomic mass is 35.5. The van der Waals surface area contributed by atoms with E-state index in [4.69, 9.17) is 16.3 Å². The van der Waals surface area contributed by atoms with Crippen molar-refractivity contribution in [2.24, 2.45) is 0 Å². The quantitative estimate of drug-likeness (QED) is 0.396. The summed E-state index contributed by atoms with van der Waals surface area (Å²) < 4.78 is 7.67. The molecule has 0 aliphatic carbocycles. The number of carbonyl (C=O) groups is 1. The van der Waals surface area contributed by atoms with Crippen LogP contribution in [0.1, 0.15) is 21.2 Å². The number of carbonyl (C=O) groups excluding carboxylic acids is 1. The summed E-state index contributed by atoms with van der Waals surface area (Å²) in [7, 11) is 0. The van der Waals surface area contributed by atoms with Crippen LogP contribution in [0.3, 0.4) is 0 Å². The van der Waals surface area contributed by atoms with Crippen LogP contribution >= 0.6 is 34.3 Å². The Balaban J connectivity index is 1.43. The van der Waals surface area contributed by atoms with Gasteiger partial charge < -0.3 is 9.72 Å². The number of nitrogens with zero attached hydrogens (tertiary/aromatic N) is 3. The van der Waals surface area contributed by atoms with Crippen molar-refractivity contribution in [1.29, 1.82) is 0 Å². The predicted octanol–water partition coefficient (Wildman–Crippen LogP) is 4.70. The van der Waals surface area contributed by atoms with Crippen LogP contribution in [0.5, 0.6) is 0 Å². The molecule has 0 saturated carbocycles. The predicted molar refractivity (Wildman–Crippen MR) is 118 cm³/mol. The maximum atomic E-state index is 12.6. The molecule has 0 spiro atoms. The third-order valence-electron chi connectivity index (χ3n) is 4.53. The van der Waals surface area contributed by atoms with E-state index < -0.39 is 5.97 Å². The normalized spacial score (nSPS) is 11.4. The zero-order valence-corrected chi connectivity index (χ0v) is 17.9. The Labute approximate surface area is 182 Å². The van der Waals surface area contributed by atoms with Gasteiger partial charge in [0, 0.05) is 5.39 Å². The standard InChI is InChI=1S/C20H13ClN4O3S2/c1-10-11-8-15(30-19(11)25(24-10)14-5-3-2-4-12(14)21)20(27)28-9-16-22-13-6-7-29-17(13)18(26)23-16/h2-8H,9H2,1H3,(H,22,23,26). The highest BCUT2D eigenvalue weighted by Crippen LogP contribution is 2.32. The smallest absolute Gasteiger partial charge is 0.348 e. The average molecular weight is 457 g/mol. The average Bonchev–Trinajstić information content (AvgIpc) is 3.43. The van der Waals surface area contributed by atoms with Gasteiger partial charge in [-0.2, -0.15) is 5.10 Å². The number of hydrogen-bond acceptors (Lipinski definition) is 7. The van der Waals surface area contributed by atoms with Gasteiger partial charge in [-0.3, -0.25) is 4.79 Å². The largest absolute Gasteiger partial charge is 0.453 e. The lowest BCUT2D eigenvalue weighted by Gasteiger charge is -2.04. The zero-order valence-electron chi connectivity index (χ0n) is 15.5. The van der Waals surface area contributed by atoms with Crippen molar-refractivity contribution in [1.82, 2.24) is 19.7 Å². The first kappa shape index (κ1) is 19.0. The van der Waals surface area contributed by atoms with Gasteiger partial charge in [0.1, 0.15) is 26.8 Å². The fraction of sp³-hybridized carbons (Fsp3) is 0.100. The molecule has 4 heterocycles. The van der Waals surface area contributed by atoms with Gasteiger partial charge in [-0.1, -0.05) is 23.7 Å². The fourth-order valence-corrected chi connectivity index (χ4v) is 5.14. The van der Waals surface area contributed by atoms with E-state index in [1.807, 2.05) is 25.1 Å². The number of aromatic amines is 1. The van der Waals surface area contributed by atoms with Crippen molar-refractivity contribution >= 4 is 60.7 Å². The Morgan fingerprint density at radius 1 is 1.30 bits per heavy atom. The summed E-state index contributed by atoms with van der Waals surface area (Å²) >= 11 is 8.91. The van der Waals surface area contributed by atoms with Crippen LogP contribution in [0, 0.1) is 6.92 Å². The molecule has 0 bridgehead atoms. The molecule has 0 amide bonds. The second kappa shape index (κ2) is 7.35. The highest BCUT2D eigenvalue weighted by molar-refractivity contribution is 7.20. The first-order chi connectivity index (χ1) is 14.5. The summed E-state index contributed by atoms with van der Waals surface area (Å²) in [5, 5.41) is 7.77. The van der Waals surface area contributed by atoms with Gasteiger partial charge in [0.15, 0.2) is 0 Å². The Hall–Kier alpha value is -3.01. The van der Waals surface area contributed by atoms with Gasteiger partial charge in [0.05, 0.1) is 21.9 Å². The van der Waals surface area contributed by atoms with E-state index in [0.29, 0.717) is 25.9 Å². The van der Waals surface area contributed by atoms with E-state index in [0.717, 1.165) is 21.6 Å². The van der Waals surface area contributed by atoms with Crippen LogP contribution in [-0.2, 0) is 11.3 Å². The first-order valence-corrected chi connectivity index (χ1v) is 11.0. The second-order valence-electron chi connectivity index (χ2n) is 6.50. The third-order valence-corrected chi connectivity index (χ3v) is 6.84. The van der Waals surface area contributed by atoms with Crippen molar-refractivity contribution in [2.75, 3.05) is 0 Å². The number of aryl methyl sites for hydroxylation is 1. The maximum Gasteiger partial charge on any atom is 0.348 e. The summed E-state index contributed by atoms with van der Waals surface area (Å²) in [6, 6.07) is 10.9. The number of aromatic nitrogens is 4. The number of nitrogens with one attached hydrogen (secondary N) is 1. The van der Waals surface area contributed by atoms with Crippen molar-refractivity contribution in [3.05, 3.63) is 73.6 Å². The molecule has 1 N–H and O–H groups in total. The van der Waals surface area contributed by atoms with Crippen molar-refractivity contribution in [3.63, 3.8) is 0 Å². The van der Waals surface area contributed by atoms with E-state index >= 15 is 0 Å². The zero-order chi connectivity index (χ0) is 20.8. The summed E-state index contributed by atoms with van der Waals surface area (Å²) in [6.07, 6.45) is 0. The molecule has 0 radical (unpaired) electrons. The second-order valence-corrected chi connectivity index (χ2v) is 8.86. The summed E-state index contributed by atoms with van der Waals surface area (Å²) in [5.74, 6) is -0.187. The number of thiophene rings is 2. The first-order valence-electron chi connectivity index (χ1n) is 8.89. The van der Waals surface area contributed by atoms with Crippen molar-refractivity contribution in [2.45, 2.75) is 13.5 Å². The molecule has 0 fully saturated rings. The molecule has 150 valence electrons. The number of rotatable bonds is 4. The van der Waals surface area contributed by atoms with E-state index in [-0.39, 0.29) is 12.2 Å². The minimum Gasteiger partial charge on any atom is -0.453 e. The van der Waals surface area contributed by atoms with Gasteiger partial charge >= 0.3 is 5.97 Å². The number of para-hydroxylation sites is 1. The van der Waals surface area contributed by atoms with Crippen LogP contribution in [0.25, 0.3) is 26.1 Å². The minimum absolute atomic E-state index is 0.121. The summed E-state index contributed by atoms with van der Waals surface area (Å²) in [5.41, 5.74) is 1.88. The molecule has 30 heavy (non-hydrogen) atoms. The number of hydrogen-bond donors (Lipinski definition) is 1. The lowest BCUT2D eigenvalue weighted by Crippen LogP contribution is -2.13. The van der Waals surface area contributed by atoms with Gasteiger partial charge in [0.2, 0.25) is 0 Å². The van der Waals surface area contributed by atoms with Gasteiger partial charge in [-0.25, -0.2) is 14.5 Å².